The number of carbonyl (C=O) groups is 4. The molecule has 8 nitrogen and oxygen atoms in total. The average molecular weight is 509 g/mol. The van der Waals surface area contributed by atoms with Crippen LogP contribution in [-0.4, -0.2) is 41.1 Å². The fourth-order valence-corrected chi connectivity index (χ4v) is 4.60. The first-order valence-electron chi connectivity index (χ1n) is 10.6. The molecule has 0 radical (unpaired) electrons. The number of nitrogens with zero attached hydrogens (tertiary/aromatic N) is 1. The Morgan fingerprint density at radius 3 is 2.54 bits per heavy atom. The number of benzene rings is 2. The molecule has 0 aliphatic carbocycles. The summed E-state index contributed by atoms with van der Waals surface area (Å²) in [6.45, 7) is 1.74. The molecule has 0 atom stereocenters. The van der Waals surface area contributed by atoms with Crippen molar-refractivity contribution in [3.8, 4) is 11.5 Å². The molecule has 3 aromatic rings. The maximum Gasteiger partial charge on any atom is 0.353 e. The first-order valence-corrected chi connectivity index (χ1v) is 12.3. The molecule has 35 heavy (non-hydrogen) atoms. The molecule has 1 N–H and O–H groups in total. The van der Waals surface area contributed by atoms with Gasteiger partial charge in [0, 0.05) is 5.69 Å². The second-order valence-electron chi connectivity index (χ2n) is 7.19. The summed E-state index contributed by atoms with van der Waals surface area (Å²) in [4.78, 5) is 51.3. The van der Waals surface area contributed by atoms with Gasteiger partial charge in [-0.25, -0.2) is 4.79 Å². The maximum absolute atomic E-state index is 12.8. The molecular formula is C25H20N2O6S2. The van der Waals surface area contributed by atoms with Crippen molar-refractivity contribution in [2.75, 3.05) is 18.5 Å². The summed E-state index contributed by atoms with van der Waals surface area (Å²) in [7, 11) is 0. The van der Waals surface area contributed by atoms with Crippen LogP contribution in [0.15, 0.2) is 70.9 Å². The van der Waals surface area contributed by atoms with Crippen LogP contribution in [0.25, 0.3) is 6.08 Å². The van der Waals surface area contributed by atoms with E-state index < -0.39 is 29.6 Å². The molecule has 1 aliphatic heterocycles. The Morgan fingerprint density at radius 2 is 1.83 bits per heavy atom. The van der Waals surface area contributed by atoms with Crippen molar-refractivity contribution in [1.29, 1.82) is 0 Å². The number of imide groups is 1. The minimum absolute atomic E-state index is 0.174. The lowest BCUT2D eigenvalue weighted by molar-refractivity contribution is -0.127. The number of amides is 3. The fourth-order valence-electron chi connectivity index (χ4n) is 3.17. The minimum atomic E-state index is -0.561. The Hall–Kier alpha value is -3.89. The number of anilines is 1. The van der Waals surface area contributed by atoms with Crippen LogP contribution in [-0.2, 0) is 9.59 Å². The maximum atomic E-state index is 12.8. The number of para-hydroxylation sites is 1. The van der Waals surface area contributed by atoms with Crippen molar-refractivity contribution in [2.24, 2.45) is 0 Å². The summed E-state index contributed by atoms with van der Waals surface area (Å²) < 4.78 is 11.1. The number of thioether (sulfide) groups is 1. The lowest BCUT2D eigenvalue weighted by Crippen LogP contribution is -2.36. The number of hydrogen-bond donors (Lipinski definition) is 1. The zero-order chi connectivity index (χ0) is 24.8. The molecule has 1 aliphatic rings. The van der Waals surface area contributed by atoms with E-state index in [1.165, 1.54) is 17.4 Å². The Kier molecular flexibility index (Phi) is 7.64. The SMILES string of the molecule is CCOc1cc(/C=C2\SC(=O)N(CC(=O)Nc3ccccc3)C2=O)ccc1OC(=O)c1cccs1. The van der Waals surface area contributed by atoms with Crippen molar-refractivity contribution in [3.05, 3.63) is 81.4 Å². The summed E-state index contributed by atoms with van der Waals surface area (Å²) in [6, 6.07) is 17.0. The third-order valence-electron chi connectivity index (χ3n) is 4.72. The molecular weight excluding hydrogens is 488 g/mol. The van der Waals surface area contributed by atoms with Gasteiger partial charge in [0.15, 0.2) is 11.5 Å². The molecule has 0 saturated carbocycles. The highest BCUT2D eigenvalue weighted by Crippen LogP contribution is 2.35. The molecule has 1 fully saturated rings. The van der Waals surface area contributed by atoms with Crippen molar-refractivity contribution in [3.63, 3.8) is 0 Å². The van der Waals surface area contributed by atoms with Gasteiger partial charge in [0.05, 0.1) is 11.5 Å². The average Bonchev–Trinajstić information content (AvgIpc) is 3.47. The molecule has 1 saturated heterocycles. The van der Waals surface area contributed by atoms with Crippen LogP contribution < -0.4 is 14.8 Å². The normalized spacial score (nSPS) is 14.3. The van der Waals surface area contributed by atoms with E-state index in [1.54, 1.807) is 66.9 Å². The largest absolute Gasteiger partial charge is 0.490 e. The zero-order valence-corrected chi connectivity index (χ0v) is 20.2. The number of nitrogens with one attached hydrogen (secondary N) is 1. The lowest BCUT2D eigenvalue weighted by atomic mass is 10.2. The molecule has 1 aromatic heterocycles. The van der Waals surface area contributed by atoms with E-state index in [0.29, 0.717) is 28.5 Å². The van der Waals surface area contributed by atoms with Crippen LogP contribution in [0.4, 0.5) is 10.5 Å². The molecule has 3 amide bonds. The zero-order valence-electron chi connectivity index (χ0n) is 18.6. The number of thiophene rings is 1. The quantitative estimate of drug-likeness (QED) is 0.258. The van der Waals surface area contributed by atoms with Crippen LogP contribution in [0.5, 0.6) is 11.5 Å². The highest BCUT2D eigenvalue weighted by molar-refractivity contribution is 8.18. The van der Waals surface area contributed by atoms with Gasteiger partial charge in [-0.2, -0.15) is 0 Å². The standard InChI is InChI=1S/C25H20N2O6S2/c1-2-32-19-13-16(10-11-18(19)33-24(30)20-9-6-12-34-20)14-21-23(29)27(25(31)35-21)15-22(28)26-17-7-4-3-5-8-17/h3-14H,2,15H2,1H3,(H,26,28)/b21-14-. The van der Waals surface area contributed by atoms with Crippen LogP contribution in [0, 0.1) is 0 Å². The highest BCUT2D eigenvalue weighted by atomic mass is 32.2. The number of hydrogen-bond acceptors (Lipinski definition) is 8. The Balaban J connectivity index is 1.47. The smallest absolute Gasteiger partial charge is 0.353 e. The molecule has 0 unspecified atom stereocenters. The van der Waals surface area contributed by atoms with Gasteiger partial charge in [-0.1, -0.05) is 30.3 Å². The fraction of sp³-hybridized carbons (Fsp3) is 0.120. The minimum Gasteiger partial charge on any atom is -0.490 e. The van der Waals surface area contributed by atoms with E-state index in [0.717, 1.165) is 16.7 Å². The van der Waals surface area contributed by atoms with Crippen LogP contribution in [0.3, 0.4) is 0 Å². The van der Waals surface area contributed by atoms with E-state index in [1.807, 2.05) is 6.07 Å². The summed E-state index contributed by atoms with van der Waals surface area (Å²) in [5.74, 6) is -0.964. The van der Waals surface area contributed by atoms with E-state index in [9.17, 15) is 19.2 Å². The van der Waals surface area contributed by atoms with E-state index in [2.05, 4.69) is 5.32 Å². The molecule has 2 heterocycles. The molecule has 178 valence electrons. The van der Waals surface area contributed by atoms with Gasteiger partial charge in [-0.15, -0.1) is 11.3 Å². The van der Waals surface area contributed by atoms with Gasteiger partial charge in [0.2, 0.25) is 5.91 Å². The van der Waals surface area contributed by atoms with Crippen LogP contribution in [0.1, 0.15) is 22.2 Å². The van der Waals surface area contributed by atoms with Crippen molar-refractivity contribution in [2.45, 2.75) is 6.92 Å². The lowest BCUT2D eigenvalue weighted by Gasteiger charge is -2.12. The van der Waals surface area contributed by atoms with E-state index >= 15 is 0 Å². The summed E-state index contributed by atoms with van der Waals surface area (Å²) >= 11 is 2.02. The van der Waals surface area contributed by atoms with Gasteiger partial charge >= 0.3 is 5.97 Å². The first-order chi connectivity index (χ1) is 16.9. The molecule has 4 rings (SSSR count). The van der Waals surface area contributed by atoms with Crippen molar-refractivity contribution in [1.82, 2.24) is 4.90 Å². The molecule has 10 heteroatoms. The number of ether oxygens (including phenoxy) is 2. The van der Waals surface area contributed by atoms with Gasteiger partial charge in [-0.3, -0.25) is 19.3 Å². The molecule has 2 aromatic carbocycles. The summed E-state index contributed by atoms with van der Waals surface area (Å²) in [5, 5.41) is 3.90. The predicted molar refractivity (Wildman–Crippen MR) is 135 cm³/mol. The van der Waals surface area contributed by atoms with Crippen molar-refractivity contribution < 1.29 is 28.7 Å². The Labute approximate surface area is 209 Å². The van der Waals surface area contributed by atoms with Crippen LogP contribution >= 0.6 is 23.1 Å². The van der Waals surface area contributed by atoms with Crippen molar-refractivity contribution >= 4 is 57.9 Å². The monoisotopic (exact) mass is 508 g/mol. The topological polar surface area (TPSA) is 102 Å². The van der Waals surface area contributed by atoms with Gasteiger partial charge in [0.25, 0.3) is 11.1 Å². The molecule has 0 bridgehead atoms. The van der Waals surface area contributed by atoms with Gasteiger partial charge < -0.3 is 14.8 Å². The predicted octanol–water partition coefficient (Wildman–Crippen LogP) is 5.04. The Bertz CT molecular complexity index is 1290. The number of carbonyl (C=O) groups excluding carboxylic acids is 4. The summed E-state index contributed by atoms with van der Waals surface area (Å²) in [6.07, 6.45) is 1.54. The third kappa shape index (κ3) is 5.97. The highest BCUT2D eigenvalue weighted by Gasteiger charge is 2.36. The van der Waals surface area contributed by atoms with Crippen LogP contribution in [0.2, 0.25) is 0 Å². The van der Waals surface area contributed by atoms with E-state index in [-0.39, 0.29) is 10.7 Å². The number of rotatable bonds is 8. The summed E-state index contributed by atoms with van der Waals surface area (Å²) in [5.41, 5.74) is 1.15. The second-order valence-corrected chi connectivity index (χ2v) is 9.13. The molecule has 0 spiro atoms. The number of esters is 1. The Morgan fingerprint density at radius 1 is 1.03 bits per heavy atom. The van der Waals surface area contributed by atoms with E-state index in [4.69, 9.17) is 9.47 Å². The second kappa shape index (κ2) is 11.0. The first kappa shape index (κ1) is 24.2. The van der Waals surface area contributed by atoms with Gasteiger partial charge in [-0.05, 0) is 66.0 Å². The van der Waals surface area contributed by atoms with Gasteiger partial charge in [0.1, 0.15) is 11.4 Å². The third-order valence-corrected chi connectivity index (χ3v) is 6.48.